The van der Waals surface area contributed by atoms with Crippen LogP contribution < -0.4 is 10.2 Å². The molecule has 0 spiro atoms. The van der Waals surface area contributed by atoms with E-state index in [0.29, 0.717) is 18.8 Å². The Bertz CT molecular complexity index is 1390. The lowest BCUT2D eigenvalue weighted by Crippen LogP contribution is -2.36. The molecule has 0 aliphatic carbocycles. The average molecular weight is 472 g/mol. The lowest BCUT2D eigenvalue weighted by molar-refractivity contribution is 0.102. The number of nitrogens with one attached hydrogen (secondary N) is 1. The van der Waals surface area contributed by atoms with E-state index in [4.69, 9.17) is 9.72 Å². The number of carbonyl (C=O) groups excluding carboxylic acids is 1. The topological polar surface area (TPSA) is 63.8 Å². The lowest BCUT2D eigenvalue weighted by Gasteiger charge is -2.29. The van der Waals surface area contributed by atoms with E-state index in [2.05, 4.69) is 77.5 Å². The third-order valence-electron chi connectivity index (χ3n) is 6.54. The molecule has 7 nitrogen and oxygen atoms in total. The largest absolute Gasteiger partial charge is 0.378 e. The van der Waals surface area contributed by atoms with Crippen LogP contribution in [0, 0.1) is 13.8 Å². The SMILES string of the molecule is Cc1cn2cc(-c3cc(NC(=O)c4ccn(C(C)(C)C)c4)ccc3C)cc(N3CCOCC3)c2n1. The standard InChI is InChI=1S/C28H33N5O2/c1-19-6-7-23(30-27(34)21-8-9-33(18-21)28(3,4)5)15-24(19)22-14-25(31-10-12-35-13-11-31)26-29-20(2)16-32(26)17-22/h6-9,14-18H,10-13H2,1-5H3,(H,30,34). The molecule has 1 N–H and O–H groups in total. The van der Waals surface area contributed by atoms with Crippen LogP contribution in [0.5, 0.6) is 0 Å². The Morgan fingerprint density at radius 1 is 1.03 bits per heavy atom. The van der Waals surface area contributed by atoms with Gasteiger partial charge in [0, 0.05) is 54.7 Å². The highest BCUT2D eigenvalue weighted by molar-refractivity contribution is 6.04. The number of benzene rings is 1. The Labute approximate surface area is 206 Å². The third-order valence-corrected chi connectivity index (χ3v) is 6.54. The van der Waals surface area contributed by atoms with Gasteiger partial charge in [-0.05, 0) is 70.0 Å². The van der Waals surface area contributed by atoms with Crippen molar-refractivity contribution in [2.75, 3.05) is 36.5 Å². The fourth-order valence-electron chi connectivity index (χ4n) is 4.55. The number of imidazole rings is 1. The summed E-state index contributed by atoms with van der Waals surface area (Å²) < 4.78 is 9.73. The normalized spacial score (nSPS) is 14.5. The Morgan fingerprint density at radius 2 is 1.80 bits per heavy atom. The van der Waals surface area contributed by atoms with Gasteiger partial charge < -0.3 is 23.9 Å². The summed E-state index contributed by atoms with van der Waals surface area (Å²) in [6.45, 7) is 13.6. The zero-order valence-electron chi connectivity index (χ0n) is 21.1. The zero-order chi connectivity index (χ0) is 24.7. The number of amides is 1. The van der Waals surface area contributed by atoms with Crippen LogP contribution >= 0.6 is 0 Å². The van der Waals surface area contributed by atoms with Crippen LogP contribution in [0.3, 0.4) is 0 Å². The number of nitrogens with zero attached hydrogens (tertiary/aromatic N) is 4. The van der Waals surface area contributed by atoms with Crippen molar-refractivity contribution in [3.8, 4) is 11.1 Å². The average Bonchev–Trinajstić information content (AvgIpc) is 3.47. The smallest absolute Gasteiger partial charge is 0.257 e. The van der Waals surface area contributed by atoms with E-state index < -0.39 is 0 Å². The minimum absolute atomic E-state index is 0.0714. The summed E-state index contributed by atoms with van der Waals surface area (Å²) in [6, 6.07) is 10.1. The molecule has 4 aromatic rings. The number of rotatable bonds is 4. The number of fused-ring (bicyclic) bond motifs is 1. The first-order valence-corrected chi connectivity index (χ1v) is 12.1. The van der Waals surface area contributed by atoms with Crippen LogP contribution in [0.15, 0.2) is 55.1 Å². The van der Waals surface area contributed by atoms with Crippen molar-refractivity contribution in [1.29, 1.82) is 0 Å². The molecule has 1 saturated heterocycles. The fourth-order valence-corrected chi connectivity index (χ4v) is 4.55. The summed E-state index contributed by atoms with van der Waals surface area (Å²) in [6.07, 6.45) is 8.03. The predicted octanol–water partition coefficient (Wildman–Crippen LogP) is 5.26. The van der Waals surface area contributed by atoms with Gasteiger partial charge in [0.05, 0.1) is 30.2 Å². The maximum absolute atomic E-state index is 13.0. The number of pyridine rings is 1. The molecule has 7 heteroatoms. The summed E-state index contributed by atoms with van der Waals surface area (Å²) in [7, 11) is 0. The summed E-state index contributed by atoms with van der Waals surface area (Å²) in [4.78, 5) is 20.1. The molecule has 0 radical (unpaired) electrons. The Kier molecular flexibility index (Phi) is 5.89. The van der Waals surface area contributed by atoms with Crippen LogP contribution in [0.4, 0.5) is 11.4 Å². The first-order chi connectivity index (χ1) is 16.7. The first kappa shape index (κ1) is 23.2. The number of morpholine rings is 1. The summed E-state index contributed by atoms with van der Waals surface area (Å²) in [5.74, 6) is -0.113. The predicted molar refractivity (Wildman–Crippen MR) is 141 cm³/mol. The van der Waals surface area contributed by atoms with Crippen molar-refractivity contribution >= 4 is 22.9 Å². The summed E-state index contributed by atoms with van der Waals surface area (Å²) in [5.41, 5.74) is 7.71. The lowest BCUT2D eigenvalue weighted by atomic mass is 10.0. The summed E-state index contributed by atoms with van der Waals surface area (Å²) in [5, 5.41) is 3.08. The number of hydrogen-bond acceptors (Lipinski definition) is 4. The van der Waals surface area contributed by atoms with Gasteiger partial charge in [-0.15, -0.1) is 0 Å². The number of ether oxygens (including phenoxy) is 1. The molecular formula is C28H33N5O2. The summed E-state index contributed by atoms with van der Waals surface area (Å²) >= 11 is 0. The van der Waals surface area contributed by atoms with Crippen molar-refractivity contribution in [2.24, 2.45) is 0 Å². The molecule has 0 atom stereocenters. The monoisotopic (exact) mass is 471 g/mol. The van der Waals surface area contributed by atoms with Crippen LogP contribution in [0.25, 0.3) is 16.8 Å². The molecule has 182 valence electrons. The van der Waals surface area contributed by atoms with E-state index in [-0.39, 0.29) is 11.4 Å². The minimum atomic E-state index is -0.113. The second-order valence-corrected chi connectivity index (χ2v) is 10.3. The highest BCUT2D eigenvalue weighted by Crippen LogP contribution is 2.33. The number of aryl methyl sites for hydroxylation is 2. The molecule has 3 aromatic heterocycles. The van der Waals surface area contributed by atoms with Crippen molar-refractivity contribution in [3.05, 3.63) is 71.9 Å². The quantitative estimate of drug-likeness (QED) is 0.441. The van der Waals surface area contributed by atoms with Crippen LogP contribution in [0.1, 0.15) is 42.4 Å². The molecule has 35 heavy (non-hydrogen) atoms. The van der Waals surface area contributed by atoms with Gasteiger partial charge in [-0.2, -0.15) is 0 Å². The fraction of sp³-hybridized carbons (Fsp3) is 0.357. The molecule has 0 unspecified atom stereocenters. The van der Waals surface area contributed by atoms with Gasteiger partial charge >= 0.3 is 0 Å². The third kappa shape index (κ3) is 4.68. The van der Waals surface area contributed by atoms with Crippen molar-refractivity contribution < 1.29 is 9.53 Å². The van der Waals surface area contributed by atoms with E-state index in [1.807, 2.05) is 31.5 Å². The van der Waals surface area contributed by atoms with Crippen molar-refractivity contribution in [3.63, 3.8) is 0 Å². The number of carbonyl (C=O) groups is 1. The molecule has 5 rings (SSSR count). The van der Waals surface area contributed by atoms with Gasteiger partial charge in [-0.3, -0.25) is 4.79 Å². The van der Waals surface area contributed by atoms with Gasteiger partial charge in [-0.1, -0.05) is 6.07 Å². The van der Waals surface area contributed by atoms with Crippen molar-refractivity contribution in [2.45, 2.75) is 40.2 Å². The molecule has 1 aromatic carbocycles. The Morgan fingerprint density at radius 3 is 2.51 bits per heavy atom. The molecule has 0 bridgehead atoms. The van der Waals surface area contributed by atoms with E-state index >= 15 is 0 Å². The molecule has 1 aliphatic rings. The molecule has 1 aliphatic heterocycles. The second kappa shape index (κ2) is 8.89. The number of anilines is 2. The van der Waals surface area contributed by atoms with E-state index in [1.54, 1.807) is 0 Å². The van der Waals surface area contributed by atoms with Crippen LogP contribution in [-0.2, 0) is 10.3 Å². The Balaban J connectivity index is 1.49. The molecule has 1 fully saturated rings. The molecule has 1 amide bonds. The van der Waals surface area contributed by atoms with Gasteiger partial charge in [0.15, 0.2) is 5.65 Å². The number of hydrogen-bond donors (Lipinski definition) is 1. The van der Waals surface area contributed by atoms with E-state index in [9.17, 15) is 4.79 Å². The van der Waals surface area contributed by atoms with Gasteiger partial charge in [0.1, 0.15) is 0 Å². The maximum Gasteiger partial charge on any atom is 0.257 e. The highest BCUT2D eigenvalue weighted by atomic mass is 16.5. The van der Waals surface area contributed by atoms with Gasteiger partial charge in [0.2, 0.25) is 0 Å². The van der Waals surface area contributed by atoms with E-state index in [0.717, 1.165) is 52.5 Å². The maximum atomic E-state index is 13.0. The van der Waals surface area contributed by atoms with Gasteiger partial charge in [0.25, 0.3) is 5.91 Å². The molecule has 0 saturated carbocycles. The van der Waals surface area contributed by atoms with Crippen LogP contribution in [-0.4, -0.2) is 46.2 Å². The second-order valence-electron chi connectivity index (χ2n) is 10.3. The Hall–Kier alpha value is -3.58. The molecular weight excluding hydrogens is 438 g/mol. The zero-order valence-corrected chi connectivity index (χ0v) is 21.1. The number of aromatic nitrogens is 3. The van der Waals surface area contributed by atoms with E-state index in [1.165, 1.54) is 0 Å². The minimum Gasteiger partial charge on any atom is -0.378 e. The molecule has 4 heterocycles. The van der Waals surface area contributed by atoms with Crippen LogP contribution in [0.2, 0.25) is 0 Å². The first-order valence-electron chi connectivity index (χ1n) is 12.1. The van der Waals surface area contributed by atoms with Crippen molar-refractivity contribution in [1.82, 2.24) is 14.0 Å². The highest BCUT2D eigenvalue weighted by Gasteiger charge is 2.19. The van der Waals surface area contributed by atoms with Gasteiger partial charge in [-0.25, -0.2) is 4.98 Å².